The highest BCUT2D eigenvalue weighted by atomic mass is 16.2. The Hall–Kier alpha value is -2.40. The molecular formula is C20H27N3O2. The van der Waals surface area contributed by atoms with Crippen LogP contribution in [-0.4, -0.2) is 36.0 Å². The molecule has 134 valence electrons. The summed E-state index contributed by atoms with van der Waals surface area (Å²) in [7, 11) is 3.80. The van der Waals surface area contributed by atoms with E-state index in [2.05, 4.69) is 5.32 Å². The van der Waals surface area contributed by atoms with Gasteiger partial charge in [-0.05, 0) is 46.0 Å². The van der Waals surface area contributed by atoms with E-state index in [0.717, 1.165) is 11.3 Å². The zero-order chi connectivity index (χ0) is 18.4. The third-order valence-electron chi connectivity index (χ3n) is 4.28. The lowest BCUT2D eigenvalue weighted by Crippen LogP contribution is -2.37. The van der Waals surface area contributed by atoms with Crippen molar-refractivity contribution >= 4 is 5.91 Å². The molecule has 1 aromatic carbocycles. The van der Waals surface area contributed by atoms with Crippen LogP contribution in [0.4, 0.5) is 0 Å². The molecule has 0 aliphatic heterocycles. The van der Waals surface area contributed by atoms with E-state index in [4.69, 9.17) is 0 Å². The number of amides is 1. The fraction of sp³-hybridized carbons (Fsp3) is 0.400. The molecule has 2 aromatic rings. The summed E-state index contributed by atoms with van der Waals surface area (Å²) < 4.78 is 1.73. The summed E-state index contributed by atoms with van der Waals surface area (Å²) in [5.41, 5.74) is 3.08. The topological polar surface area (TPSA) is 54.3 Å². The molecule has 0 radical (unpaired) electrons. The van der Waals surface area contributed by atoms with Crippen LogP contribution in [0, 0.1) is 13.8 Å². The number of carbonyl (C=O) groups excluding carboxylic acids is 1. The van der Waals surface area contributed by atoms with Gasteiger partial charge in [0.25, 0.3) is 5.56 Å². The third kappa shape index (κ3) is 5.03. The molecule has 1 heterocycles. The molecule has 25 heavy (non-hydrogen) atoms. The Balaban J connectivity index is 1.93. The quantitative estimate of drug-likeness (QED) is 0.786. The number of aromatic nitrogens is 1. The SMILES string of the molecule is Cc1ccc(C(C(=O)NCCCn2c(C)cccc2=O)N(C)C)cc1. The van der Waals surface area contributed by atoms with Gasteiger partial charge in [0.1, 0.15) is 6.04 Å². The van der Waals surface area contributed by atoms with Crippen molar-refractivity contribution in [3.8, 4) is 0 Å². The van der Waals surface area contributed by atoms with Gasteiger partial charge in [0, 0.05) is 24.8 Å². The van der Waals surface area contributed by atoms with Crippen LogP contribution >= 0.6 is 0 Å². The van der Waals surface area contributed by atoms with E-state index in [-0.39, 0.29) is 17.5 Å². The second-order valence-electron chi connectivity index (χ2n) is 6.58. The van der Waals surface area contributed by atoms with Gasteiger partial charge in [0.2, 0.25) is 5.91 Å². The van der Waals surface area contributed by atoms with Crippen LogP contribution in [-0.2, 0) is 11.3 Å². The molecule has 0 bridgehead atoms. The standard InChI is InChI=1S/C20H27N3O2/c1-15-9-11-17(12-10-15)19(22(3)4)20(25)21-13-6-14-23-16(2)7-5-8-18(23)24/h5,7-12,19H,6,13-14H2,1-4H3,(H,21,25). The van der Waals surface area contributed by atoms with Crippen molar-refractivity contribution in [1.82, 2.24) is 14.8 Å². The number of hydrogen-bond donors (Lipinski definition) is 1. The Bertz CT molecular complexity index is 763. The minimum absolute atomic E-state index is 0.00264. The number of benzene rings is 1. The predicted molar refractivity (Wildman–Crippen MR) is 101 cm³/mol. The molecule has 0 aliphatic rings. The minimum atomic E-state index is -0.318. The largest absolute Gasteiger partial charge is 0.354 e. The second-order valence-corrected chi connectivity index (χ2v) is 6.58. The monoisotopic (exact) mass is 341 g/mol. The summed E-state index contributed by atoms with van der Waals surface area (Å²) in [6.07, 6.45) is 0.713. The molecule has 2 rings (SSSR count). The molecule has 1 atom stereocenters. The highest BCUT2D eigenvalue weighted by Crippen LogP contribution is 2.18. The van der Waals surface area contributed by atoms with E-state index >= 15 is 0 Å². The first-order chi connectivity index (χ1) is 11.9. The normalized spacial score (nSPS) is 12.2. The number of aryl methyl sites for hydroxylation is 2. The highest BCUT2D eigenvalue weighted by Gasteiger charge is 2.22. The zero-order valence-electron chi connectivity index (χ0n) is 15.5. The number of rotatable bonds is 7. The van der Waals surface area contributed by atoms with E-state index in [1.807, 2.05) is 63.2 Å². The lowest BCUT2D eigenvalue weighted by Gasteiger charge is -2.24. The Morgan fingerprint density at radius 2 is 1.80 bits per heavy atom. The lowest BCUT2D eigenvalue weighted by molar-refractivity contribution is -0.125. The maximum Gasteiger partial charge on any atom is 0.250 e. The highest BCUT2D eigenvalue weighted by molar-refractivity contribution is 5.83. The fourth-order valence-corrected chi connectivity index (χ4v) is 2.89. The summed E-state index contributed by atoms with van der Waals surface area (Å²) in [5.74, 6) is -0.0222. The van der Waals surface area contributed by atoms with Crippen molar-refractivity contribution in [2.75, 3.05) is 20.6 Å². The van der Waals surface area contributed by atoms with E-state index < -0.39 is 0 Å². The third-order valence-corrected chi connectivity index (χ3v) is 4.28. The summed E-state index contributed by atoms with van der Waals surface area (Å²) in [6.45, 7) is 5.08. The molecule has 0 aliphatic carbocycles. The molecule has 5 heteroatoms. The molecule has 0 saturated heterocycles. The average molecular weight is 341 g/mol. The van der Waals surface area contributed by atoms with Gasteiger partial charge in [-0.15, -0.1) is 0 Å². The number of nitrogens with one attached hydrogen (secondary N) is 1. The molecule has 0 spiro atoms. The van der Waals surface area contributed by atoms with Gasteiger partial charge in [-0.1, -0.05) is 35.9 Å². The molecule has 0 fully saturated rings. The number of hydrogen-bond acceptors (Lipinski definition) is 3. The van der Waals surface area contributed by atoms with Gasteiger partial charge in [-0.25, -0.2) is 0 Å². The zero-order valence-corrected chi connectivity index (χ0v) is 15.5. The number of carbonyl (C=O) groups is 1. The molecule has 1 amide bonds. The molecule has 1 aromatic heterocycles. The van der Waals surface area contributed by atoms with Crippen molar-refractivity contribution in [2.24, 2.45) is 0 Å². The van der Waals surface area contributed by atoms with Gasteiger partial charge in [-0.3, -0.25) is 14.5 Å². The lowest BCUT2D eigenvalue weighted by atomic mass is 10.0. The van der Waals surface area contributed by atoms with Gasteiger partial charge in [-0.2, -0.15) is 0 Å². The van der Waals surface area contributed by atoms with E-state index in [1.165, 1.54) is 5.56 Å². The van der Waals surface area contributed by atoms with E-state index in [0.29, 0.717) is 19.5 Å². The van der Waals surface area contributed by atoms with Crippen molar-refractivity contribution in [2.45, 2.75) is 32.9 Å². The van der Waals surface area contributed by atoms with Crippen molar-refractivity contribution in [3.63, 3.8) is 0 Å². The van der Waals surface area contributed by atoms with Crippen molar-refractivity contribution < 1.29 is 4.79 Å². The first-order valence-electron chi connectivity index (χ1n) is 8.57. The van der Waals surface area contributed by atoms with Crippen LogP contribution < -0.4 is 10.9 Å². The Labute approximate surface area is 149 Å². The van der Waals surface area contributed by atoms with Crippen LogP contribution in [0.2, 0.25) is 0 Å². The molecule has 5 nitrogen and oxygen atoms in total. The van der Waals surface area contributed by atoms with E-state index in [1.54, 1.807) is 16.7 Å². The molecule has 1 unspecified atom stereocenters. The summed E-state index contributed by atoms with van der Waals surface area (Å²) in [5, 5.41) is 2.99. The number of nitrogens with zero attached hydrogens (tertiary/aromatic N) is 2. The first-order valence-corrected chi connectivity index (χ1v) is 8.57. The average Bonchev–Trinajstić information content (AvgIpc) is 2.55. The van der Waals surface area contributed by atoms with Crippen molar-refractivity contribution in [1.29, 1.82) is 0 Å². The van der Waals surface area contributed by atoms with Gasteiger partial charge in [0.15, 0.2) is 0 Å². The summed E-state index contributed by atoms with van der Waals surface area (Å²) >= 11 is 0. The second kappa shape index (κ2) is 8.62. The van der Waals surface area contributed by atoms with Crippen LogP contribution in [0.1, 0.15) is 29.3 Å². The van der Waals surface area contributed by atoms with Gasteiger partial charge >= 0.3 is 0 Å². The van der Waals surface area contributed by atoms with Gasteiger partial charge < -0.3 is 9.88 Å². The summed E-state index contributed by atoms with van der Waals surface area (Å²) in [6, 6.07) is 12.9. The van der Waals surface area contributed by atoms with Crippen LogP contribution in [0.3, 0.4) is 0 Å². The first kappa shape index (κ1) is 18.9. The molecule has 0 saturated carbocycles. The van der Waals surface area contributed by atoms with Crippen LogP contribution in [0.25, 0.3) is 0 Å². The van der Waals surface area contributed by atoms with Crippen LogP contribution in [0.15, 0.2) is 47.3 Å². The fourth-order valence-electron chi connectivity index (χ4n) is 2.89. The molecular weight excluding hydrogens is 314 g/mol. The Kier molecular flexibility index (Phi) is 6.53. The summed E-state index contributed by atoms with van der Waals surface area (Å²) in [4.78, 5) is 26.3. The van der Waals surface area contributed by atoms with E-state index in [9.17, 15) is 9.59 Å². The van der Waals surface area contributed by atoms with Crippen LogP contribution in [0.5, 0.6) is 0 Å². The minimum Gasteiger partial charge on any atom is -0.354 e. The molecule has 1 N–H and O–H groups in total. The number of likely N-dealkylation sites (N-methyl/N-ethyl adjacent to an activating group) is 1. The van der Waals surface area contributed by atoms with Gasteiger partial charge in [0.05, 0.1) is 0 Å². The number of pyridine rings is 1. The maximum atomic E-state index is 12.6. The van der Waals surface area contributed by atoms with Crippen molar-refractivity contribution in [3.05, 3.63) is 69.6 Å². The predicted octanol–water partition coefficient (Wildman–Crippen LogP) is 2.27. The smallest absolute Gasteiger partial charge is 0.250 e. The Morgan fingerprint density at radius 1 is 1.12 bits per heavy atom. The Morgan fingerprint density at radius 3 is 2.40 bits per heavy atom. The maximum absolute atomic E-state index is 12.6.